The van der Waals surface area contributed by atoms with E-state index in [0.717, 1.165) is 37.6 Å². The van der Waals surface area contributed by atoms with Crippen molar-refractivity contribution >= 4 is 17.4 Å². The number of hydrogen-bond acceptors (Lipinski definition) is 3. The van der Waals surface area contributed by atoms with Gasteiger partial charge in [-0.15, -0.1) is 0 Å². The van der Waals surface area contributed by atoms with Crippen LogP contribution in [0.25, 0.3) is 0 Å². The number of urea groups is 1. The van der Waals surface area contributed by atoms with Crippen molar-refractivity contribution in [3.8, 4) is 0 Å². The lowest BCUT2D eigenvalue weighted by molar-refractivity contribution is 0.259. The van der Waals surface area contributed by atoms with Gasteiger partial charge >= 0.3 is 6.03 Å². The number of benzene rings is 1. The van der Waals surface area contributed by atoms with Crippen LogP contribution in [0.2, 0.25) is 0 Å². The molecule has 1 aliphatic heterocycles. The van der Waals surface area contributed by atoms with Crippen LogP contribution in [0.1, 0.15) is 0 Å². The molecule has 0 aromatic heterocycles. The van der Waals surface area contributed by atoms with E-state index < -0.39 is 6.03 Å². The molecule has 5 nitrogen and oxygen atoms in total. The molecule has 5 heteroatoms. The number of primary amides is 1. The molecule has 1 heterocycles. The molecule has 0 bridgehead atoms. The molecular formula is C11H16N4O. The summed E-state index contributed by atoms with van der Waals surface area (Å²) in [6.07, 6.45) is 0. The standard InChI is InChI=1S/C11H16N4O/c12-11(16)14-9-3-1-2-4-10(9)15-7-5-13-6-8-15/h1-4,13H,5-8H2,(H3,12,14,16). The van der Waals surface area contributed by atoms with Crippen molar-refractivity contribution in [3.63, 3.8) is 0 Å². The first kappa shape index (κ1) is 10.8. The quantitative estimate of drug-likeness (QED) is 0.683. The fraction of sp³-hybridized carbons (Fsp3) is 0.364. The highest BCUT2D eigenvalue weighted by molar-refractivity contribution is 5.92. The molecule has 2 rings (SSSR count). The summed E-state index contributed by atoms with van der Waals surface area (Å²) >= 11 is 0. The molecular weight excluding hydrogens is 204 g/mol. The first-order valence-corrected chi connectivity index (χ1v) is 5.38. The van der Waals surface area contributed by atoms with Crippen molar-refractivity contribution < 1.29 is 4.79 Å². The Balaban J connectivity index is 2.20. The Morgan fingerprint density at radius 2 is 2.00 bits per heavy atom. The molecule has 1 saturated heterocycles. The number of carbonyl (C=O) groups excluding carboxylic acids is 1. The summed E-state index contributed by atoms with van der Waals surface area (Å²) in [7, 11) is 0. The Kier molecular flexibility index (Phi) is 3.26. The van der Waals surface area contributed by atoms with E-state index in [0.29, 0.717) is 0 Å². The molecule has 1 aromatic carbocycles. The van der Waals surface area contributed by atoms with Crippen LogP contribution in [-0.4, -0.2) is 32.2 Å². The van der Waals surface area contributed by atoms with Crippen LogP contribution in [0, 0.1) is 0 Å². The summed E-state index contributed by atoms with van der Waals surface area (Å²) in [5.74, 6) is 0. The summed E-state index contributed by atoms with van der Waals surface area (Å²) in [4.78, 5) is 13.1. The van der Waals surface area contributed by atoms with E-state index in [1.807, 2.05) is 24.3 Å². The highest BCUT2D eigenvalue weighted by Gasteiger charge is 2.13. The Bertz CT molecular complexity index is 374. The Morgan fingerprint density at radius 1 is 1.31 bits per heavy atom. The zero-order valence-electron chi connectivity index (χ0n) is 9.07. The van der Waals surface area contributed by atoms with E-state index in [-0.39, 0.29) is 0 Å². The van der Waals surface area contributed by atoms with Crippen molar-refractivity contribution in [1.29, 1.82) is 0 Å². The Labute approximate surface area is 94.6 Å². The van der Waals surface area contributed by atoms with Crippen LogP contribution in [0.15, 0.2) is 24.3 Å². The van der Waals surface area contributed by atoms with E-state index in [4.69, 9.17) is 5.73 Å². The predicted octanol–water partition coefficient (Wildman–Crippen LogP) is 0.587. The van der Waals surface area contributed by atoms with Gasteiger partial charge in [-0.3, -0.25) is 0 Å². The van der Waals surface area contributed by atoms with Crippen molar-refractivity contribution in [3.05, 3.63) is 24.3 Å². The van der Waals surface area contributed by atoms with Crippen LogP contribution in [0.5, 0.6) is 0 Å². The minimum absolute atomic E-state index is 0.525. The van der Waals surface area contributed by atoms with Gasteiger partial charge in [0.15, 0.2) is 0 Å². The molecule has 0 atom stereocenters. The highest BCUT2D eigenvalue weighted by Crippen LogP contribution is 2.25. The van der Waals surface area contributed by atoms with Gasteiger partial charge in [0.2, 0.25) is 0 Å². The first-order chi connectivity index (χ1) is 7.77. The maximum Gasteiger partial charge on any atom is 0.316 e. The Hall–Kier alpha value is -1.75. The normalized spacial score (nSPS) is 15.9. The smallest absolute Gasteiger partial charge is 0.316 e. The number of nitrogens with two attached hydrogens (primary N) is 1. The second-order valence-electron chi connectivity index (χ2n) is 3.74. The fourth-order valence-corrected chi connectivity index (χ4v) is 1.89. The number of amides is 2. The van der Waals surface area contributed by atoms with Gasteiger partial charge in [0.05, 0.1) is 11.4 Å². The number of nitrogens with zero attached hydrogens (tertiary/aromatic N) is 1. The van der Waals surface area contributed by atoms with E-state index in [1.54, 1.807) is 0 Å². The monoisotopic (exact) mass is 220 g/mol. The molecule has 86 valence electrons. The van der Waals surface area contributed by atoms with E-state index in [9.17, 15) is 4.79 Å². The summed E-state index contributed by atoms with van der Waals surface area (Å²) in [5.41, 5.74) is 6.95. The molecule has 1 aliphatic rings. The first-order valence-electron chi connectivity index (χ1n) is 5.38. The van der Waals surface area contributed by atoms with Crippen molar-refractivity contribution in [2.75, 3.05) is 36.4 Å². The minimum Gasteiger partial charge on any atom is -0.367 e. The lowest BCUT2D eigenvalue weighted by Crippen LogP contribution is -2.43. The number of piperazine rings is 1. The number of rotatable bonds is 2. The van der Waals surface area contributed by atoms with Gasteiger partial charge in [-0.1, -0.05) is 12.1 Å². The molecule has 0 unspecified atom stereocenters. The summed E-state index contributed by atoms with van der Waals surface area (Å²) in [5, 5.41) is 5.94. The van der Waals surface area contributed by atoms with E-state index >= 15 is 0 Å². The van der Waals surface area contributed by atoms with Crippen molar-refractivity contribution in [2.24, 2.45) is 5.73 Å². The van der Waals surface area contributed by atoms with Gasteiger partial charge in [0.25, 0.3) is 0 Å². The summed E-state index contributed by atoms with van der Waals surface area (Å²) < 4.78 is 0. The third-order valence-electron chi connectivity index (χ3n) is 2.62. The second kappa shape index (κ2) is 4.85. The lowest BCUT2D eigenvalue weighted by atomic mass is 10.2. The van der Waals surface area contributed by atoms with Gasteiger partial charge in [0, 0.05) is 26.2 Å². The molecule has 1 fully saturated rings. The molecule has 0 aliphatic carbocycles. The number of anilines is 2. The maximum absolute atomic E-state index is 10.9. The number of carbonyl (C=O) groups is 1. The van der Waals surface area contributed by atoms with Crippen LogP contribution in [0.4, 0.5) is 16.2 Å². The number of nitrogens with one attached hydrogen (secondary N) is 2. The van der Waals surface area contributed by atoms with Gasteiger partial charge in [-0.2, -0.15) is 0 Å². The van der Waals surface area contributed by atoms with Crippen LogP contribution >= 0.6 is 0 Å². The third kappa shape index (κ3) is 2.43. The predicted molar refractivity (Wildman–Crippen MR) is 64.7 cm³/mol. The van der Waals surface area contributed by atoms with Crippen molar-refractivity contribution in [1.82, 2.24) is 5.32 Å². The molecule has 16 heavy (non-hydrogen) atoms. The molecule has 1 aromatic rings. The van der Waals surface area contributed by atoms with Crippen LogP contribution < -0.4 is 21.3 Å². The maximum atomic E-state index is 10.9. The van der Waals surface area contributed by atoms with Gasteiger partial charge < -0.3 is 21.3 Å². The minimum atomic E-state index is -0.525. The lowest BCUT2D eigenvalue weighted by Gasteiger charge is -2.30. The van der Waals surface area contributed by atoms with Gasteiger partial charge in [-0.25, -0.2) is 4.79 Å². The zero-order chi connectivity index (χ0) is 11.4. The van der Waals surface area contributed by atoms with Gasteiger partial charge in [-0.05, 0) is 12.1 Å². The van der Waals surface area contributed by atoms with Crippen LogP contribution in [-0.2, 0) is 0 Å². The van der Waals surface area contributed by atoms with Crippen LogP contribution in [0.3, 0.4) is 0 Å². The molecule has 4 N–H and O–H groups in total. The average Bonchev–Trinajstić information content (AvgIpc) is 2.30. The molecule has 0 spiro atoms. The van der Waals surface area contributed by atoms with E-state index in [2.05, 4.69) is 15.5 Å². The molecule has 0 saturated carbocycles. The number of hydrogen-bond donors (Lipinski definition) is 3. The molecule has 0 radical (unpaired) electrons. The topological polar surface area (TPSA) is 70.4 Å². The molecule has 2 amide bonds. The van der Waals surface area contributed by atoms with E-state index in [1.165, 1.54) is 0 Å². The number of para-hydroxylation sites is 2. The summed E-state index contributed by atoms with van der Waals surface area (Å²) in [6, 6.07) is 7.18. The third-order valence-corrected chi connectivity index (χ3v) is 2.62. The van der Waals surface area contributed by atoms with Gasteiger partial charge in [0.1, 0.15) is 0 Å². The fourth-order valence-electron chi connectivity index (χ4n) is 1.89. The SMILES string of the molecule is NC(=O)Nc1ccccc1N1CCNCC1. The second-order valence-corrected chi connectivity index (χ2v) is 3.74. The zero-order valence-corrected chi connectivity index (χ0v) is 9.07. The average molecular weight is 220 g/mol. The summed E-state index contributed by atoms with van der Waals surface area (Å²) in [6.45, 7) is 3.81. The van der Waals surface area contributed by atoms with Crippen molar-refractivity contribution in [2.45, 2.75) is 0 Å². The highest BCUT2D eigenvalue weighted by atomic mass is 16.2. The largest absolute Gasteiger partial charge is 0.367 e. The Morgan fingerprint density at radius 3 is 2.69 bits per heavy atom.